The number of nitrogens with one attached hydrogen (secondary N) is 1. The van der Waals surface area contributed by atoms with Gasteiger partial charge in [-0.1, -0.05) is 55.8 Å². The predicted molar refractivity (Wildman–Crippen MR) is 116 cm³/mol. The monoisotopic (exact) mass is 454 g/mol. The first-order valence-electron chi connectivity index (χ1n) is 9.56. The van der Waals surface area contributed by atoms with Gasteiger partial charge in [-0.25, -0.2) is 13.2 Å². The Hall–Kier alpha value is -2.13. The quantitative estimate of drug-likeness (QED) is 0.476. The van der Waals surface area contributed by atoms with Crippen LogP contribution in [-0.4, -0.2) is 47.8 Å². The molecule has 164 valence electrons. The second-order valence-electron chi connectivity index (χ2n) is 7.51. The van der Waals surface area contributed by atoms with E-state index in [-0.39, 0.29) is 36.7 Å². The average Bonchev–Trinajstić information content (AvgIpc) is 2.66. The van der Waals surface area contributed by atoms with E-state index in [1.165, 1.54) is 24.3 Å². The molecule has 0 aliphatic carbocycles. The van der Waals surface area contributed by atoms with Crippen LogP contribution in [0.15, 0.2) is 59.5 Å². The fourth-order valence-electron chi connectivity index (χ4n) is 3.15. The fraction of sp³-hybridized carbons (Fsp3) is 0.381. The number of halogens is 1. The summed E-state index contributed by atoms with van der Waals surface area (Å²) in [5, 5.41) is 23.1. The average molecular weight is 455 g/mol. The molecule has 0 aliphatic heterocycles. The van der Waals surface area contributed by atoms with Crippen molar-refractivity contribution in [3.8, 4) is 0 Å². The molecule has 3 N–H and O–H groups in total. The molecule has 0 fully saturated rings. The van der Waals surface area contributed by atoms with Crippen molar-refractivity contribution < 1.29 is 23.4 Å². The molecule has 1 unspecified atom stereocenters. The van der Waals surface area contributed by atoms with E-state index in [9.17, 15) is 18.3 Å². The molecule has 7 nitrogen and oxygen atoms in total. The summed E-state index contributed by atoms with van der Waals surface area (Å²) >= 11 is 5.90. The maximum absolute atomic E-state index is 13.5. The molecule has 2 aromatic rings. The van der Waals surface area contributed by atoms with Gasteiger partial charge in [0.2, 0.25) is 10.0 Å². The Labute approximate surface area is 182 Å². The molecular weight excluding hydrogens is 428 g/mol. The van der Waals surface area contributed by atoms with Crippen LogP contribution in [0.3, 0.4) is 0 Å². The first-order valence-corrected chi connectivity index (χ1v) is 11.4. The predicted octanol–water partition coefficient (Wildman–Crippen LogP) is 3.58. The van der Waals surface area contributed by atoms with E-state index in [0.717, 1.165) is 9.87 Å². The molecule has 0 bridgehead atoms. The molecule has 0 aliphatic rings. The molecule has 1 atom stereocenters. The van der Waals surface area contributed by atoms with Crippen LogP contribution in [0.5, 0.6) is 0 Å². The Morgan fingerprint density at radius 1 is 1.13 bits per heavy atom. The van der Waals surface area contributed by atoms with E-state index in [0.29, 0.717) is 5.02 Å². The maximum Gasteiger partial charge on any atom is 0.404 e. The number of carbonyl (C=O) groups is 1. The van der Waals surface area contributed by atoms with Crippen LogP contribution in [0.1, 0.15) is 25.8 Å². The van der Waals surface area contributed by atoms with Gasteiger partial charge in [-0.2, -0.15) is 4.31 Å². The van der Waals surface area contributed by atoms with Gasteiger partial charge in [0.25, 0.3) is 0 Å². The van der Waals surface area contributed by atoms with Crippen molar-refractivity contribution in [3.63, 3.8) is 0 Å². The summed E-state index contributed by atoms with van der Waals surface area (Å²) in [7, 11) is -4.09. The molecule has 9 heteroatoms. The Bertz CT molecular complexity index is 936. The van der Waals surface area contributed by atoms with Crippen LogP contribution in [0.4, 0.5) is 4.79 Å². The lowest BCUT2D eigenvalue weighted by Gasteiger charge is -2.40. The summed E-state index contributed by atoms with van der Waals surface area (Å²) in [4.78, 5) is 10.9. The highest BCUT2D eigenvalue weighted by Crippen LogP contribution is 2.30. The molecule has 0 spiro atoms. The molecule has 2 aromatic carbocycles. The van der Waals surface area contributed by atoms with E-state index in [4.69, 9.17) is 16.7 Å². The zero-order chi connectivity index (χ0) is 22.4. The number of hydrogen-bond acceptors (Lipinski definition) is 4. The lowest BCUT2D eigenvalue weighted by Crippen LogP contribution is -2.55. The number of nitrogens with zero attached hydrogens (tertiary/aromatic N) is 1. The smallest absolute Gasteiger partial charge is 0.404 e. The van der Waals surface area contributed by atoms with Crippen LogP contribution in [0.2, 0.25) is 5.02 Å². The van der Waals surface area contributed by atoms with Crippen molar-refractivity contribution in [3.05, 3.63) is 65.2 Å². The first-order chi connectivity index (χ1) is 14.0. The number of hydrogen-bond donors (Lipinski definition) is 3. The summed E-state index contributed by atoms with van der Waals surface area (Å²) in [5.74, 6) is -0.0817. The van der Waals surface area contributed by atoms with Crippen LogP contribution in [-0.2, 0) is 16.4 Å². The van der Waals surface area contributed by atoms with Gasteiger partial charge in [0, 0.05) is 31.0 Å². The van der Waals surface area contributed by atoms with Crippen LogP contribution >= 0.6 is 11.6 Å². The van der Waals surface area contributed by atoms with Crippen molar-refractivity contribution in [2.45, 2.75) is 37.3 Å². The highest BCUT2D eigenvalue weighted by Gasteiger charge is 2.43. The molecule has 30 heavy (non-hydrogen) atoms. The summed E-state index contributed by atoms with van der Waals surface area (Å²) in [5.41, 5.74) is -1.11. The zero-order valence-corrected chi connectivity index (χ0v) is 18.5. The lowest BCUT2D eigenvalue weighted by atomic mass is 9.98. The minimum Gasteiger partial charge on any atom is -0.465 e. The molecular formula is C21H27ClN2O5S. The van der Waals surface area contributed by atoms with Gasteiger partial charge >= 0.3 is 6.09 Å². The van der Waals surface area contributed by atoms with Gasteiger partial charge in [0.15, 0.2) is 0 Å². The SMILES string of the molecule is CC(C)CN(C(O)(CCNC(=O)O)Cc1ccccc1)S(=O)(=O)c1ccc(Cl)cc1. The number of rotatable bonds is 10. The molecule has 1 amide bonds. The topological polar surface area (TPSA) is 107 Å². The minimum atomic E-state index is -4.09. The van der Waals surface area contributed by atoms with Gasteiger partial charge < -0.3 is 15.5 Å². The van der Waals surface area contributed by atoms with E-state index in [1.54, 1.807) is 24.3 Å². The highest BCUT2D eigenvalue weighted by atomic mass is 35.5. The van der Waals surface area contributed by atoms with Gasteiger partial charge in [-0.05, 0) is 35.7 Å². The van der Waals surface area contributed by atoms with Crippen molar-refractivity contribution >= 4 is 27.7 Å². The van der Waals surface area contributed by atoms with Gasteiger partial charge in [-0.3, -0.25) is 0 Å². The van der Waals surface area contributed by atoms with E-state index >= 15 is 0 Å². The van der Waals surface area contributed by atoms with E-state index in [2.05, 4.69) is 5.32 Å². The summed E-state index contributed by atoms with van der Waals surface area (Å²) in [6.07, 6.45) is -1.35. The number of amides is 1. The summed E-state index contributed by atoms with van der Waals surface area (Å²) < 4.78 is 28.1. The Morgan fingerprint density at radius 3 is 2.27 bits per heavy atom. The Balaban J connectivity index is 2.50. The standard InChI is InChI=1S/C21H27ClN2O5S/c1-16(2)15-24(30(28,29)19-10-8-18(22)9-11-19)21(27,12-13-23-20(25)26)14-17-6-4-3-5-7-17/h3-11,16,23,27H,12-15H2,1-2H3,(H,25,26). The van der Waals surface area contributed by atoms with Crippen LogP contribution in [0.25, 0.3) is 0 Å². The summed E-state index contributed by atoms with van der Waals surface area (Å²) in [6, 6.07) is 14.7. The van der Waals surface area contributed by atoms with E-state index < -0.39 is 21.8 Å². The third-order valence-electron chi connectivity index (χ3n) is 4.53. The van der Waals surface area contributed by atoms with Crippen LogP contribution in [0, 0.1) is 5.92 Å². The molecule has 0 saturated carbocycles. The molecule has 0 saturated heterocycles. The molecule has 0 aromatic heterocycles. The van der Waals surface area contributed by atoms with Crippen molar-refractivity contribution in [1.29, 1.82) is 0 Å². The Morgan fingerprint density at radius 2 is 1.73 bits per heavy atom. The molecule has 0 heterocycles. The normalized spacial score (nSPS) is 13.9. The van der Waals surface area contributed by atoms with Gasteiger partial charge in [-0.15, -0.1) is 0 Å². The second-order valence-corrected chi connectivity index (χ2v) is 9.81. The highest BCUT2D eigenvalue weighted by molar-refractivity contribution is 7.89. The minimum absolute atomic E-state index is 0.00484. The fourth-order valence-corrected chi connectivity index (χ4v) is 5.11. The maximum atomic E-state index is 13.5. The number of sulfonamides is 1. The number of carboxylic acid groups (broad SMARTS) is 1. The third kappa shape index (κ3) is 6.43. The van der Waals surface area contributed by atoms with Gasteiger partial charge in [0.05, 0.1) is 4.90 Å². The first kappa shape index (κ1) is 24.1. The largest absolute Gasteiger partial charge is 0.465 e. The summed E-state index contributed by atoms with van der Waals surface area (Å²) in [6.45, 7) is 3.65. The number of aliphatic hydroxyl groups is 1. The molecule has 0 radical (unpaired) electrons. The second kappa shape index (κ2) is 10.3. The van der Waals surface area contributed by atoms with Crippen molar-refractivity contribution in [2.24, 2.45) is 5.92 Å². The van der Waals surface area contributed by atoms with Crippen molar-refractivity contribution in [1.82, 2.24) is 9.62 Å². The van der Waals surface area contributed by atoms with Crippen LogP contribution < -0.4 is 5.32 Å². The number of benzene rings is 2. The van der Waals surface area contributed by atoms with Gasteiger partial charge in [0.1, 0.15) is 5.72 Å². The zero-order valence-electron chi connectivity index (χ0n) is 17.0. The van der Waals surface area contributed by atoms with E-state index in [1.807, 2.05) is 19.9 Å². The van der Waals surface area contributed by atoms with Crippen molar-refractivity contribution in [2.75, 3.05) is 13.1 Å². The Kier molecular flexibility index (Phi) is 8.25. The third-order valence-corrected chi connectivity index (χ3v) is 6.72. The lowest BCUT2D eigenvalue weighted by molar-refractivity contribution is -0.0701. The molecule has 2 rings (SSSR count).